The first-order valence-corrected chi connectivity index (χ1v) is 4.82. The molecule has 1 unspecified atom stereocenters. The van der Waals surface area contributed by atoms with Gasteiger partial charge in [-0.15, -0.1) is 0 Å². The Kier molecular flexibility index (Phi) is 3.07. The normalized spacial score (nSPS) is 23.8. The van der Waals surface area contributed by atoms with Crippen LogP contribution in [0.15, 0.2) is 0 Å². The van der Waals surface area contributed by atoms with Gasteiger partial charge in [0.1, 0.15) is 5.78 Å². The largest absolute Gasteiger partial charge is 0.345 e. The third kappa shape index (κ3) is 2.08. The molecule has 0 aromatic rings. The summed E-state index contributed by atoms with van der Waals surface area (Å²) in [5, 5.41) is 0. The van der Waals surface area contributed by atoms with Gasteiger partial charge in [0, 0.05) is 19.5 Å². The SMILES string of the molecule is CC(C)C(=O)C1CCCN(C)C1=O. The molecule has 0 bridgehead atoms. The van der Waals surface area contributed by atoms with Gasteiger partial charge in [0.2, 0.25) is 5.91 Å². The summed E-state index contributed by atoms with van der Waals surface area (Å²) in [5.41, 5.74) is 0. The van der Waals surface area contributed by atoms with Crippen LogP contribution in [0, 0.1) is 11.8 Å². The molecule has 74 valence electrons. The van der Waals surface area contributed by atoms with Gasteiger partial charge in [-0.25, -0.2) is 0 Å². The summed E-state index contributed by atoms with van der Waals surface area (Å²) in [6, 6.07) is 0. The van der Waals surface area contributed by atoms with Crippen LogP contribution in [0.3, 0.4) is 0 Å². The van der Waals surface area contributed by atoms with Gasteiger partial charge in [-0.2, -0.15) is 0 Å². The second kappa shape index (κ2) is 3.90. The number of ketones is 1. The second-order valence-corrected chi connectivity index (χ2v) is 4.01. The highest BCUT2D eigenvalue weighted by Gasteiger charge is 2.32. The van der Waals surface area contributed by atoms with Gasteiger partial charge in [0.15, 0.2) is 0 Å². The molecule has 1 aliphatic heterocycles. The number of rotatable bonds is 2. The molecule has 1 fully saturated rings. The Bertz CT molecular complexity index is 215. The van der Waals surface area contributed by atoms with Crippen molar-refractivity contribution >= 4 is 11.7 Å². The Labute approximate surface area is 79.1 Å². The van der Waals surface area contributed by atoms with Crippen molar-refractivity contribution < 1.29 is 9.59 Å². The Morgan fingerprint density at radius 1 is 1.54 bits per heavy atom. The summed E-state index contributed by atoms with van der Waals surface area (Å²) in [5.74, 6) is -0.291. The Morgan fingerprint density at radius 3 is 2.69 bits per heavy atom. The molecule has 13 heavy (non-hydrogen) atoms. The second-order valence-electron chi connectivity index (χ2n) is 4.01. The highest BCUT2D eigenvalue weighted by Crippen LogP contribution is 2.20. The average Bonchev–Trinajstić information content (AvgIpc) is 2.08. The van der Waals surface area contributed by atoms with Gasteiger partial charge in [0.05, 0.1) is 5.92 Å². The van der Waals surface area contributed by atoms with Gasteiger partial charge in [-0.1, -0.05) is 13.8 Å². The van der Waals surface area contributed by atoms with Crippen LogP contribution in [0.1, 0.15) is 26.7 Å². The third-order valence-electron chi connectivity index (χ3n) is 2.57. The Morgan fingerprint density at radius 2 is 2.15 bits per heavy atom. The molecule has 0 N–H and O–H groups in total. The van der Waals surface area contributed by atoms with E-state index in [0.29, 0.717) is 0 Å². The summed E-state index contributed by atoms with van der Waals surface area (Å²) >= 11 is 0. The first-order chi connectivity index (χ1) is 6.04. The van der Waals surface area contributed by atoms with Crippen LogP contribution in [0.5, 0.6) is 0 Å². The number of piperidine rings is 1. The minimum Gasteiger partial charge on any atom is -0.345 e. The molecule has 1 saturated heterocycles. The molecular formula is C10H17NO2. The van der Waals surface area contributed by atoms with Gasteiger partial charge in [-0.05, 0) is 12.8 Å². The van der Waals surface area contributed by atoms with Crippen molar-refractivity contribution in [3.8, 4) is 0 Å². The fraction of sp³-hybridized carbons (Fsp3) is 0.800. The number of hydrogen-bond donors (Lipinski definition) is 0. The molecule has 3 nitrogen and oxygen atoms in total. The molecule has 0 spiro atoms. The molecule has 0 radical (unpaired) electrons. The van der Waals surface area contributed by atoms with Crippen LogP contribution in [-0.2, 0) is 9.59 Å². The molecule has 1 aliphatic rings. The van der Waals surface area contributed by atoms with E-state index in [1.54, 1.807) is 11.9 Å². The van der Waals surface area contributed by atoms with Crippen molar-refractivity contribution in [2.24, 2.45) is 11.8 Å². The van der Waals surface area contributed by atoms with E-state index < -0.39 is 0 Å². The summed E-state index contributed by atoms with van der Waals surface area (Å²) in [6.45, 7) is 4.50. The fourth-order valence-corrected chi connectivity index (χ4v) is 1.70. The highest BCUT2D eigenvalue weighted by atomic mass is 16.2. The zero-order valence-electron chi connectivity index (χ0n) is 8.54. The van der Waals surface area contributed by atoms with Crippen molar-refractivity contribution in [1.82, 2.24) is 4.90 Å². The lowest BCUT2D eigenvalue weighted by molar-refractivity contribution is -0.144. The number of amides is 1. The van der Waals surface area contributed by atoms with Crippen molar-refractivity contribution in [3.05, 3.63) is 0 Å². The number of carbonyl (C=O) groups excluding carboxylic acids is 2. The number of hydrogen-bond acceptors (Lipinski definition) is 2. The van der Waals surface area contributed by atoms with E-state index in [9.17, 15) is 9.59 Å². The molecule has 1 atom stereocenters. The Hall–Kier alpha value is -0.860. The Balaban J connectivity index is 2.68. The van der Waals surface area contributed by atoms with Crippen LogP contribution < -0.4 is 0 Å². The van der Waals surface area contributed by atoms with Crippen molar-refractivity contribution in [2.45, 2.75) is 26.7 Å². The van der Waals surface area contributed by atoms with Crippen LogP contribution in [-0.4, -0.2) is 30.2 Å². The van der Waals surface area contributed by atoms with Crippen LogP contribution >= 0.6 is 0 Å². The zero-order chi connectivity index (χ0) is 10.0. The van der Waals surface area contributed by atoms with E-state index in [4.69, 9.17) is 0 Å². The van der Waals surface area contributed by atoms with Gasteiger partial charge >= 0.3 is 0 Å². The summed E-state index contributed by atoms with van der Waals surface area (Å²) in [6.07, 6.45) is 1.69. The van der Waals surface area contributed by atoms with Crippen molar-refractivity contribution in [1.29, 1.82) is 0 Å². The molecular weight excluding hydrogens is 166 g/mol. The van der Waals surface area contributed by atoms with Crippen molar-refractivity contribution in [3.63, 3.8) is 0 Å². The maximum Gasteiger partial charge on any atom is 0.232 e. The summed E-state index contributed by atoms with van der Waals surface area (Å²) in [4.78, 5) is 24.8. The molecule has 1 amide bonds. The van der Waals surface area contributed by atoms with E-state index in [1.807, 2.05) is 13.8 Å². The lowest BCUT2D eigenvalue weighted by Crippen LogP contribution is -2.42. The van der Waals surface area contributed by atoms with Crippen LogP contribution in [0.2, 0.25) is 0 Å². The topological polar surface area (TPSA) is 37.4 Å². The maximum absolute atomic E-state index is 11.6. The van der Waals surface area contributed by atoms with E-state index in [-0.39, 0.29) is 23.5 Å². The minimum absolute atomic E-state index is 0.00458. The van der Waals surface area contributed by atoms with Gasteiger partial charge in [0.25, 0.3) is 0 Å². The predicted octanol–water partition coefficient (Wildman–Crippen LogP) is 1.08. The number of nitrogens with zero attached hydrogens (tertiary/aromatic N) is 1. The maximum atomic E-state index is 11.6. The average molecular weight is 183 g/mol. The first kappa shape index (κ1) is 10.2. The highest BCUT2D eigenvalue weighted by molar-refractivity contribution is 6.02. The molecule has 0 aromatic heterocycles. The fourth-order valence-electron chi connectivity index (χ4n) is 1.70. The van der Waals surface area contributed by atoms with Crippen LogP contribution in [0.4, 0.5) is 0 Å². The quantitative estimate of drug-likeness (QED) is 0.601. The standard InChI is InChI=1S/C10H17NO2/c1-7(2)9(12)8-5-4-6-11(3)10(8)13/h7-8H,4-6H2,1-3H3. The lowest BCUT2D eigenvalue weighted by Gasteiger charge is -2.29. The monoisotopic (exact) mass is 183 g/mol. The first-order valence-electron chi connectivity index (χ1n) is 4.82. The van der Waals surface area contributed by atoms with E-state index in [1.165, 1.54) is 0 Å². The molecule has 3 heteroatoms. The van der Waals surface area contributed by atoms with Crippen molar-refractivity contribution in [2.75, 3.05) is 13.6 Å². The minimum atomic E-state index is -0.362. The number of carbonyl (C=O) groups is 2. The molecule has 1 heterocycles. The predicted molar refractivity (Wildman–Crippen MR) is 50.2 cm³/mol. The van der Waals surface area contributed by atoms with E-state index in [0.717, 1.165) is 19.4 Å². The third-order valence-corrected chi connectivity index (χ3v) is 2.57. The molecule has 1 rings (SSSR count). The molecule has 0 aliphatic carbocycles. The van der Waals surface area contributed by atoms with Gasteiger partial charge in [-0.3, -0.25) is 9.59 Å². The van der Waals surface area contributed by atoms with Gasteiger partial charge < -0.3 is 4.90 Å². The molecule has 0 saturated carbocycles. The zero-order valence-corrected chi connectivity index (χ0v) is 8.54. The molecule has 0 aromatic carbocycles. The summed E-state index contributed by atoms with van der Waals surface area (Å²) in [7, 11) is 1.77. The number of likely N-dealkylation sites (tertiary alicyclic amines) is 1. The lowest BCUT2D eigenvalue weighted by atomic mass is 9.88. The smallest absolute Gasteiger partial charge is 0.232 e. The van der Waals surface area contributed by atoms with Crippen LogP contribution in [0.25, 0.3) is 0 Å². The number of Topliss-reactive ketones (excluding diaryl/α,β-unsaturated/α-hetero) is 1. The summed E-state index contributed by atoms with van der Waals surface area (Å²) < 4.78 is 0. The van der Waals surface area contributed by atoms with E-state index >= 15 is 0 Å². The van der Waals surface area contributed by atoms with E-state index in [2.05, 4.69) is 0 Å².